The second-order valence-electron chi connectivity index (χ2n) is 6.42. The van der Waals surface area contributed by atoms with Crippen molar-refractivity contribution in [1.29, 1.82) is 5.41 Å². The van der Waals surface area contributed by atoms with Crippen LogP contribution in [0.15, 0.2) is 24.5 Å². The molecule has 2 amide bonds. The number of nitrogens with one attached hydrogen (secondary N) is 5. The number of pyridine rings is 1. The minimum Gasteiger partial charge on any atom is -0.352 e. The minimum atomic E-state index is -0.843. The Morgan fingerprint density at radius 2 is 2.14 bits per heavy atom. The van der Waals surface area contributed by atoms with Crippen LogP contribution in [0.2, 0.25) is 0 Å². The normalized spacial score (nSPS) is 11.4. The van der Waals surface area contributed by atoms with Gasteiger partial charge in [-0.3, -0.25) is 20.0 Å². The van der Waals surface area contributed by atoms with Crippen LogP contribution in [0.5, 0.6) is 0 Å². The Morgan fingerprint density at radius 1 is 1.39 bits per heavy atom. The zero-order chi connectivity index (χ0) is 20.9. The Kier molecular flexibility index (Phi) is 9.94. The van der Waals surface area contributed by atoms with Gasteiger partial charge in [0.15, 0.2) is 5.03 Å². The van der Waals surface area contributed by atoms with Gasteiger partial charge in [0, 0.05) is 25.5 Å². The molecule has 0 unspecified atom stereocenters. The first-order chi connectivity index (χ1) is 13.3. The lowest BCUT2D eigenvalue weighted by atomic mass is 10.1. The SMILES string of the molecule is CC(C)C[CH]NC(=O)[C@H](CCCNC(=N)N[N+](=O)[O-])NC(=O)c1cccnc1. The van der Waals surface area contributed by atoms with Crippen molar-refractivity contribution < 1.29 is 14.6 Å². The Hall–Kier alpha value is -3.24. The Balaban J connectivity index is 2.59. The number of hydrogen-bond donors (Lipinski definition) is 5. The van der Waals surface area contributed by atoms with E-state index in [2.05, 4.69) is 20.9 Å². The van der Waals surface area contributed by atoms with Crippen LogP contribution < -0.4 is 21.4 Å². The van der Waals surface area contributed by atoms with Gasteiger partial charge in [-0.25, -0.2) is 10.1 Å². The molecule has 1 radical (unpaired) electrons. The van der Waals surface area contributed by atoms with Crippen LogP contribution >= 0.6 is 0 Å². The number of hydrazine groups is 1. The molecule has 5 N–H and O–H groups in total. The maximum Gasteiger partial charge on any atom is 0.253 e. The monoisotopic (exact) mass is 392 g/mol. The molecule has 153 valence electrons. The number of hydrogen-bond acceptors (Lipinski definition) is 6. The molecule has 0 saturated heterocycles. The molecule has 0 aromatic carbocycles. The van der Waals surface area contributed by atoms with Crippen molar-refractivity contribution in [3.63, 3.8) is 0 Å². The maximum atomic E-state index is 12.4. The summed E-state index contributed by atoms with van der Waals surface area (Å²) in [6.45, 7) is 5.92. The van der Waals surface area contributed by atoms with Crippen LogP contribution in [0.4, 0.5) is 0 Å². The summed E-state index contributed by atoms with van der Waals surface area (Å²) in [6.07, 6.45) is 4.33. The number of guanidine groups is 1. The molecule has 0 fully saturated rings. The van der Waals surface area contributed by atoms with Crippen LogP contribution in [0.3, 0.4) is 0 Å². The lowest BCUT2D eigenvalue weighted by Crippen LogP contribution is -2.46. The van der Waals surface area contributed by atoms with E-state index >= 15 is 0 Å². The molecule has 0 aliphatic heterocycles. The molecule has 11 heteroatoms. The number of carbonyl (C=O) groups excluding carboxylic acids is 2. The summed E-state index contributed by atoms with van der Waals surface area (Å²) in [5, 5.41) is 24.6. The van der Waals surface area contributed by atoms with E-state index < -0.39 is 22.9 Å². The van der Waals surface area contributed by atoms with Crippen molar-refractivity contribution in [2.75, 3.05) is 6.54 Å². The average Bonchev–Trinajstić information content (AvgIpc) is 2.63. The van der Waals surface area contributed by atoms with Crippen molar-refractivity contribution in [2.45, 2.75) is 39.2 Å². The van der Waals surface area contributed by atoms with Crippen molar-refractivity contribution in [3.8, 4) is 0 Å². The predicted molar refractivity (Wildman–Crippen MR) is 102 cm³/mol. The molecule has 1 heterocycles. The van der Waals surface area contributed by atoms with Crippen LogP contribution in [0, 0.1) is 28.0 Å². The highest BCUT2D eigenvalue weighted by Gasteiger charge is 2.21. The molecule has 1 aromatic rings. The zero-order valence-corrected chi connectivity index (χ0v) is 15.9. The van der Waals surface area contributed by atoms with Gasteiger partial charge in [0.1, 0.15) is 6.04 Å². The van der Waals surface area contributed by atoms with Crippen molar-refractivity contribution in [3.05, 3.63) is 46.7 Å². The maximum absolute atomic E-state index is 12.4. The Labute approximate surface area is 163 Å². The van der Waals surface area contributed by atoms with Crippen LogP contribution in [-0.2, 0) is 4.79 Å². The number of nitrogens with zero attached hydrogens (tertiary/aromatic N) is 2. The molecule has 11 nitrogen and oxygen atoms in total. The third kappa shape index (κ3) is 9.46. The van der Waals surface area contributed by atoms with Crippen molar-refractivity contribution >= 4 is 17.8 Å². The number of rotatable bonds is 11. The van der Waals surface area contributed by atoms with Crippen molar-refractivity contribution in [1.82, 2.24) is 26.4 Å². The molecular weight excluding hydrogens is 366 g/mol. The lowest BCUT2D eigenvalue weighted by molar-refractivity contribution is -0.525. The summed E-state index contributed by atoms with van der Waals surface area (Å²) in [6, 6.07) is 2.42. The van der Waals surface area contributed by atoms with E-state index in [-0.39, 0.29) is 18.9 Å². The Morgan fingerprint density at radius 3 is 2.75 bits per heavy atom. The van der Waals surface area contributed by atoms with Gasteiger partial charge in [0.2, 0.25) is 5.91 Å². The van der Waals surface area contributed by atoms with Gasteiger partial charge in [-0.05, 0) is 37.3 Å². The van der Waals surface area contributed by atoms with E-state index in [1.54, 1.807) is 30.3 Å². The molecule has 1 atom stereocenters. The van der Waals surface area contributed by atoms with Gasteiger partial charge in [0.25, 0.3) is 11.9 Å². The third-order valence-corrected chi connectivity index (χ3v) is 3.55. The topological polar surface area (TPSA) is 162 Å². The van der Waals surface area contributed by atoms with Crippen LogP contribution in [0.1, 0.15) is 43.5 Å². The average molecular weight is 392 g/mol. The molecule has 0 aliphatic rings. The fraction of sp³-hybridized carbons (Fsp3) is 0.471. The van der Waals surface area contributed by atoms with Gasteiger partial charge in [0.05, 0.1) is 5.56 Å². The van der Waals surface area contributed by atoms with Gasteiger partial charge in [-0.1, -0.05) is 19.3 Å². The first kappa shape index (κ1) is 22.8. The largest absolute Gasteiger partial charge is 0.352 e. The van der Waals surface area contributed by atoms with Gasteiger partial charge in [-0.15, -0.1) is 0 Å². The van der Waals surface area contributed by atoms with Gasteiger partial charge in [-0.2, -0.15) is 0 Å². The fourth-order valence-corrected chi connectivity index (χ4v) is 2.15. The molecule has 0 bridgehead atoms. The van der Waals surface area contributed by atoms with Crippen molar-refractivity contribution in [2.24, 2.45) is 5.92 Å². The molecule has 0 spiro atoms. The van der Waals surface area contributed by atoms with E-state index in [1.807, 2.05) is 13.8 Å². The summed E-state index contributed by atoms with van der Waals surface area (Å²) in [5.74, 6) is -0.840. The molecule has 28 heavy (non-hydrogen) atoms. The van der Waals surface area contributed by atoms with Crippen LogP contribution in [0.25, 0.3) is 0 Å². The second-order valence-corrected chi connectivity index (χ2v) is 6.42. The van der Waals surface area contributed by atoms with E-state index in [1.165, 1.54) is 6.20 Å². The summed E-state index contributed by atoms with van der Waals surface area (Å²) in [4.78, 5) is 38.9. The number of aromatic nitrogens is 1. The molecule has 0 aliphatic carbocycles. The van der Waals surface area contributed by atoms with E-state index in [4.69, 9.17) is 5.41 Å². The van der Waals surface area contributed by atoms with E-state index in [0.29, 0.717) is 24.3 Å². The fourth-order valence-electron chi connectivity index (χ4n) is 2.15. The quantitative estimate of drug-likeness (QED) is 0.121. The summed E-state index contributed by atoms with van der Waals surface area (Å²) in [7, 11) is 0. The highest BCUT2D eigenvalue weighted by atomic mass is 16.7. The zero-order valence-electron chi connectivity index (χ0n) is 15.9. The summed E-state index contributed by atoms with van der Waals surface area (Å²) < 4.78 is 0. The second kappa shape index (κ2) is 12.2. The first-order valence-corrected chi connectivity index (χ1v) is 8.86. The number of amides is 2. The van der Waals surface area contributed by atoms with Gasteiger partial charge >= 0.3 is 0 Å². The predicted octanol–water partition coefficient (Wildman–Crippen LogP) is 0.590. The van der Waals surface area contributed by atoms with E-state index in [0.717, 1.165) is 0 Å². The summed E-state index contributed by atoms with van der Waals surface area (Å²) in [5.41, 5.74) is 2.01. The minimum absolute atomic E-state index is 0.224. The van der Waals surface area contributed by atoms with E-state index in [9.17, 15) is 19.7 Å². The summed E-state index contributed by atoms with van der Waals surface area (Å²) >= 11 is 0. The number of carbonyl (C=O) groups is 2. The molecule has 1 rings (SSSR count). The molecule has 0 saturated carbocycles. The third-order valence-electron chi connectivity index (χ3n) is 3.55. The smallest absolute Gasteiger partial charge is 0.253 e. The highest BCUT2D eigenvalue weighted by Crippen LogP contribution is 2.04. The van der Waals surface area contributed by atoms with Gasteiger partial charge < -0.3 is 16.0 Å². The lowest BCUT2D eigenvalue weighted by Gasteiger charge is -2.19. The molecular formula is C17H26N7O4. The Bertz CT molecular complexity index is 667. The number of nitro groups is 1. The van der Waals surface area contributed by atoms with Crippen LogP contribution in [-0.4, -0.2) is 40.4 Å². The standard InChI is InChI=1S/C17H26N7O4/c1-12(2)7-10-20-16(26)14(6-4-9-21-17(18)23-24(27)28)22-15(25)13-5-3-8-19-11-13/h3,5,8,10-12,14H,4,6-7,9H2,1-2H3,(H,20,26)(H,22,25)(H3,18,21,23)/t14-/m0/s1. The first-order valence-electron chi connectivity index (χ1n) is 8.86. The molecule has 1 aromatic heterocycles. The highest BCUT2D eigenvalue weighted by molar-refractivity contribution is 5.97.